The van der Waals surface area contributed by atoms with E-state index in [9.17, 15) is 19.2 Å². The molecule has 16 nitrogen and oxygen atoms in total. The number of H-pyrrole nitrogens is 2. The molecule has 0 aliphatic carbocycles. The molecule has 2 aromatic heterocycles. The van der Waals surface area contributed by atoms with Crippen LogP contribution in [0.4, 0.5) is 21.0 Å². The summed E-state index contributed by atoms with van der Waals surface area (Å²) >= 11 is 0. The first-order chi connectivity index (χ1) is 29.9. The molecule has 4 aliphatic heterocycles. The number of fused-ring (bicyclic) bond motifs is 4. The summed E-state index contributed by atoms with van der Waals surface area (Å²) in [7, 11) is 2.60. The third kappa shape index (κ3) is 7.64. The molecule has 4 N–H and O–H groups in total. The van der Waals surface area contributed by atoms with Crippen molar-refractivity contribution in [1.29, 1.82) is 0 Å². The number of imidazole rings is 2. The minimum Gasteiger partial charge on any atom is -0.453 e. The van der Waals surface area contributed by atoms with Crippen molar-refractivity contribution in [3.05, 3.63) is 82.4 Å². The Morgan fingerprint density at radius 3 is 1.35 bits per heavy atom. The smallest absolute Gasteiger partial charge is 0.407 e. The number of alkyl carbamates (subject to hydrolysis) is 2. The summed E-state index contributed by atoms with van der Waals surface area (Å²) in [5.41, 5.74) is 11.1. The van der Waals surface area contributed by atoms with Crippen molar-refractivity contribution in [3.8, 4) is 0 Å². The monoisotopic (exact) mass is 844 g/mol. The van der Waals surface area contributed by atoms with Gasteiger partial charge in [0, 0.05) is 50.6 Å². The predicted octanol–water partition coefficient (Wildman–Crippen LogP) is 6.57. The van der Waals surface area contributed by atoms with Gasteiger partial charge < -0.3 is 49.7 Å². The lowest BCUT2D eigenvalue weighted by Gasteiger charge is -2.29. The lowest BCUT2D eigenvalue weighted by Crippen LogP contribution is -2.51. The molecule has 9 rings (SSSR count). The zero-order valence-corrected chi connectivity index (χ0v) is 36.3. The number of rotatable bonds is 10. The molecular weight excluding hydrogens is 789 g/mol. The summed E-state index contributed by atoms with van der Waals surface area (Å²) in [6, 6.07) is 15.7. The van der Waals surface area contributed by atoms with Crippen molar-refractivity contribution >= 4 is 57.4 Å². The van der Waals surface area contributed by atoms with E-state index < -0.39 is 24.3 Å². The van der Waals surface area contributed by atoms with Gasteiger partial charge in [-0.15, -0.1) is 0 Å². The van der Waals surface area contributed by atoms with Gasteiger partial charge in [-0.25, -0.2) is 19.6 Å². The van der Waals surface area contributed by atoms with Gasteiger partial charge in [-0.05, 0) is 96.2 Å². The van der Waals surface area contributed by atoms with Crippen molar-refractivity contribution < 1.29 is 28.7 Å². The van der Waals surface area contributed by atoms with Gasteiger partial charge in [-0.3, -0.25) is 9.59 Å². The second-order valence-corrected chi connectivity index (χ2v) is 17.8. The van der Waals surface area contributed by atoms with E-state index in [1.165, 1.54) is 36.5 Å². The fourth-order valence-electron chi connectivity index (χ4n) is 9.81. The maximum absolute atomic E-state index is 13.7. The largest absolute Gasteiger partial charge is 0.453 e. The number of nitrogens with one attached hydrogen (secondary N) is 4. The van der Waals surface area contributed by atoms with Gasteiger partial charge in [-0.1, -0.05) is 39.8 Å². The summed E-state index contributed by atoms with van der Waals surface area (Å²) in [4.78, 5) is 76.9. The molecule has 326 valence electrons. The van der Waals surface area contributed by atoms with Crippen LogP contribution in [0.1, 0.15) is 99.4 Å². The zero-order valence-electron chi connectivity index (χ0n) is 36.3. The van der Waals surface area contributed by atoms with E-state index in [1.807, 2.05) is 37.5 Å². The van der Waals surface area contributed by atoms with Crippen LogP contribution in [0.15, 0.2) is 48.5 Å². The molecule has 16 heteroatoms. The molecule has 2 saturated heterocycles. The van der Waals surface area contributed by atoms with Crippen LogP contribution in [-0.2, 0) is 45.2 Å². The molecule has 3 aromatic carbocycles. The molecule has 4 amide bonds. The summed E-state index contributed by atoms with van der Waals surface area (Å²) in [6.07, 6.45) is 2.09. The number of methoxy groups -OCH3 is 2. The molecular formula is C46H56N10O6. The van der Waals surface area contributed by atoms with E-state index in [1.54, 1.807) is 0 Å². The zero-order chi connectivity index (χ0) is 43.4. The van der Waals surface area contributed by atoms with Crippen LogP contribution in [0, 0.1) is 11.8 Å². The summed E-state index contributed by atoms with van der Waals surface area (Å²) in [6.45, 7) is 12.1. The van der Waals surface area contributed by atoms with Crippen LogP contribution in [0.25, 0.3) is 22.1 Å². The van der Waals surface area contributed by atoms with E-state index in [2.05, 4.69) is 78.9 Å². The summed E-state index contributed by atoms with van der Waals surface area (Å²) < 4.78 is 9.59. The van der Waals surface area contributed by atoms with Crippen molar-refractivity contribution in [2.75, 3.05) is 37.1 Å². The van der Waals surface area contributed by atoms with Crippen LogP contribution in [0.2, 0.25) is 0 Å². The third-order valence-corrected chi connectivity index (χ3v) is 13.2. The van der Waals surface area contributed by atoms with Crippen LogP contribution < -0.4 is 20.4 Å². The first-order valence-electron chi connectivity index (χ1n) is 21.8. The van der Waals surface area contributed by atoms with E-state index in [0.29, 0.717) is 13.1 Å². The molecule has 0 radical (unpaired) electrons. The van der Waals surface area contributed by atoms with Crippen LogP contribution >= 0.6 is 0 Å². The van der Waals surface area contributed by atoms with Gasteiger partial charge in [0.15, 0.2) is 0 Å². The SMILES string of the molecule is COC(=O)NC(C(=O)N1CCCC1c1nc2ccc(N3Cc4cc5c(cc4C3)CN(c3ccc4nc(C6CCCN6C(=O)C(NC(=O)OC)C(C)C)[nH]c4c3)C5)cc2[nH]1)C(C)C. The predicted molar refractivity (Wildman–Crippen MR) is 234 cm³/mol. The average Bonchev–Trinajstić information content (AvgIpc) is 4.12. The molecule has 4 aliphatic rings. The Balaban J connectivity index is 0.861. The van der Waals surface area contributed by atoms with Crippen LogP contribution in [0.3, 0.4) is 0 Å². The quantitative estimate of drug-likeness (QED) is 0.120. The number of nitrogens with zero attached hydrogens (tertiary/aromatic N) is 6. The Morgan fingerprint density at radius 1 is 0.613 bits per heavy atom. The molecule has 2 fully saturated rings. The topological polar surface area (TPSA) is 181 Å². The first-order valence-corrected chi connectivity index (χ1v) is 21.8. The maximum atomic E-state index is 13.7. The van der Waals surface area contributed by atoms with Crippen molar-refractivity contribution in [1.82, 2.24) is 40.4 Å². The average molecular weight is 845 g/mol. The highest BCUT2D eigenvalue weighted by atomic mass is 16.5. The number of amides is 4. The Morgan fingerprint density at radius 2 is 1.00 bits per heavy atom. The van der Waals surface area contributed by atoms with E-state index >= 15 is 0 Å². The fraction of sp³-hybridized carbons (Fsp3) is 0.478. The maximum Gasteiger partial charge on any atom is 0.407 e. The number of aromatic nitrogens is 4. The number of benzene rings is 3. The van der Waals surface area contributed by atoms with Gasteiger partial charge in [-0.2, -0.15) is 0 Å². The number of anilines is 2. The number of likely N-dealkylation sites (tertiary alicyclic amines) is 2. The Labute approximate surface area is 360 Å². The minimum atomic E-state index is -0.682. The number of carbonyl (C=O) groups excluding carboxylic acids is 4. The second-order valence-electron chi connectivity index (χ2n) is 17.8. The molecule has 0 bridgehead atoms. The lowest BCUT2D eigenvalue weighted by atomic mass is 10.0. The molecule has 62 heavy (non-hydrogen) atoms. The van der Waals surface area contributed by atoms with Crippen molar-refractivity contribution in [3.63, 3.8) is 0 Å². The van der Waals surface area contributed by atoms with Crippen molar-refractivity contribution in [2.24, 2.45) is 11.8 Å². The second kappa shape index (κ2) is 16.5. The Kier molecular flexibility index (Phi) is 10.9. The number of aromatic amines is 2. The van der Waals surface area contributed by atoms with E-state index in [4.69, 9.17) is 19.4 Å². The number of carbonyl (C=O) groups is 4. The molecule has 6 heterocycles. The van der Waals surface area contributed by atoms with E-state index in [0.717, 1.165) is 97.0 Å². The first kappa shape index (κ1) is 41.1. The Hall–Kier alpha value is -6.32. The van der Waals surface area contributed by atoms with Gasteiger partial charge in [0.2, 0.25) is 11.8 Å². The van der Waals surface area contributed by atoms with Crippen molar-refractivity contribution in [2.45, 2.75) is 104 Å². The number of hydrogen-bond donors (Lipinski definition) is 4. The van der Waals surface area contributed by atoms with Gasteiger partial charge in [0.05, 0.1) is 48.4 Å². The standard InChI is InChI=1S/C46H56N10O6/c1-25(2)39(51-45(59)61-5)43(57)55-15-7-9-37(55)41-47-33-13-11-31(19-35(33)49-41)53-21-27-17-29-23-54(24-30(29)18-28(27)22-53)32-12-14-34-36(20-32)50-42(48-34)38-10-8-16-56(38)44(58)40(26(3)4)52-46(60)62-6/h11-14,17-20,25-26,37-40H,7-10,15-16,21-24H2,1-6H3,(H,47,49)(H,48,50)(H,51,59)(H,52,60). The highest BCUT2D eigenvalue weighted by molar-refractivity contribution is 5.88. The molecule has 4 unspecified atom stereocenters. The van der Waals surface area contributed by atoms with Crippen LogP contribution in [-0.4, -0.2) is 93.1 Å². The van der Waals surface area contributed by atoms with Gasteiger partial charge >= 0.3 is 12.2 Å². The van der Waals surface area contributed by atoms with E-state index in [-0.39, 0.29) is 35.7 Å². The lowest BCUT2D eigenvalue weighted by molar-refractivity contribution is -0.136. The fourth-order valence-corrected chi connectivity index (χ4v) is 9.81. The number of ether oxygens (including phenoxy) is 2. The molecule has 0 spiro atoms. The molecule has 4 atom stereocenters. The molecule has 5 aromatic rings. The summed E-state index contributed by atoms with van der Waals surface area (Å²) in [5, 5.41) is 5.45. The Bertz CT molecular complexity index is 2340. The highest BCUT2D eigenvalue weighted by Gasteiger charge is 2.39. The normalized spacial score (nSPS) is 19.4. The van der Waals surface area contributed by atoms with Crippen LogP contribution in [0.5, 0.6) is 0 Å². The third-order valence-electron chi connectivity index (χ3n) is 13.2. The van der Waals surface area contributed by atoms with Gasteiger partial charge in [0.1, 0.15) is 23.7 Å². The minimum absolute atomic E-state index is 0.0996. The highest BCUT2D eigenvalue weighted by Crippen LogP contribution is 2.39. The number of hydrogen-bond acceptors (Lipinski definition) is 10. The molecule has 0 saturated carbocycles. The summed E-state index contributed by atoms with van der Waals surface area (Å²) in [5.74, 6) is 1.08. The van der Waals surface area contributed by atoms with Gasteiger partial charge in [0.25, 0.3) is 0 Å².